The molecule has 0 bridgehead atoms. The highest BCUT2D eigenvalue weighted by molar-refractivity contribution is 14.1. The van der Waals surface area contributed by atoms with Crippen molar-refractivity contribution in [3.8, 4) is 11.8 Å². The largest absolute Gasteiger partial charge is 0.618 e. The van der Waals surface area contributed by atoms with E-state index in [1.165, 1.54) is 6.20 Å². The number of hydrogen-bond donors (Lipinski definition) is 0. The van der Waals surface area contributed by atoms with Crippen molar-refractivity contribution in [1.29, 1.82) is 5.26 Å². The molecule has 0 saturated heterocycles. The van der Waals surface area contributed by atoms with Gasteiger partial charge >= 0.3 is 0 Å². The summed E-state index contributed by atoms with van der Waals surface area (Å²) in [6.45, 7) is 3.88. The van der Waals surface area contributed by atoms with Crippen molar-refractivity contribution in [3.05, 3.63) is 68.2 Å². The first-order valence-corrected chi connectivity index (χ1v) is 7.83. The van der Waals surface area contributed by atoms with Gasteiger partial charge in [0.1, 0.15) is 11.4 Å². The highest BCUT2D eigenvalue weighted by atomic mass is 127. The first-order chi connectivity index (χ1) is 10.4. The molecule has 0 atom stereocenters. The Morgan fingerprint density at radius 3 is 2.73 bits per heavy atom. The highest BCUT2D eigenvalue weighted by Crippen LogP contribution is 2.38. The van der Waals surface area contributed by atoms with Crippen LogP contribution < -0.4 is 9.47 Å². The molecule has 0 saturated carbocycles. The van der Waals surface area contributed by atoms with Crippen LogP contribution in [0.4, 0.5) is 0 Å². The number of nitriles is 1. The lowest BCUT2D eigenvalue weighted by Gasteiger charge is -2.30. The SMILES string of the molecule is CC1(C)C=C(c2ccc(I)c[n+]2[O-])c2cc(C#N)ccc2O1. The van der Waals surface area contributed by atoms with E-state index in [4.69, 9.17) is 10.00 Å². The van der Waals surface area contributed by atoms with E-state index in [2.05, 4.69) is 28.7 Å². The molecule has 3 rings (SSSR count). The molecular weight excluding hydrogens is 391 g/mol. The first-order valence-electron chi connectivity index (χ1n) is 6.75. The van der Waals surface area contributed by atoms with Crippen LogP contribution in [0.2, 0.25) is 0 Å². The van der Waals surface area contributed by atoms with Crippen molar-refractivity contribution >= 4 is 28.2 Å². The molecule has 1 aromatic heterocycles. The summed E-state index contributed by atoms with van der Waals surface area (Å²) >= 11 is 2.10. The van der Waals surface area contributed by atoms with E-state index in [1.807, 2.05) is 26.0 Å². The third-order valence-corrected chi connectivity index (χ3v) is 4.06. The average molecular weight is 404 g/mol. The maximum atomic E-state index is 12.3. The van der Waals surface area contributed by atoms with Gasteiger partial charge in [-0.25, -0.2) is 0 Å². The van der Waals surface area contributed by atoms with E-state index < -0.39 is 5.60 Å². The molecule has 0 fully saturated rings. The average Bonchev–Trinajstić information content (AvgIpc) is 2.45. The molecule has 110 valence electrons. The fourth-order valence-corrected chi connectivity index (χ4v) is 2.95. The fraction of sp³-hybridized carbons (Fsp3) is 0.176. The molecule has 5 heteroatoms. The maximum Gasteiger partial charge on any atom is 0.224 e. The van der Waals surface area contributed by atoms with Crippen LogP contribution in [0.5, 0.6) is 5.75 Å². The number of rotatable bonds is 1. The number of benzene rings is 1. The number of hydrogen-bond acceptors (Lipinski definition) is 3. The van der Waals surface area contributed by atoms with E-state index >= 15 is 0 Å². The van der Waals surface area contributed by atoms with Gasteiger partial charge in [-0.05, 0) is 66.8 Å². The number of nitrogens with zero attached hydrogens (tertiary/aromatic N) is 2. The second kappa shape index (κ2) is 5.29. The van der Waals surface area contributed by atoms with E-state index in [9.17, 15) is 5.21 Å². The Bertz CT molecular complexity index is 835. The molecule has 0 amide bonds. The maximum absolute atomic E-state index is 12.3. The zero-order valence-electron chi connectivity index (χ0n) is 12.1. The fourth-order valence-electron chi connectivity index (χ4n) is 2.51. The Hall–Kier alpha value is -2.07. The Balaban J connectivity index is 2.25. The Kier molecular flexibility index (Phi) is 3.57. The number of fused-ring (bicyclic) bond motifs is 1. The second-order valence-corrected chi connectivity index (χ2v) is 6.89. The van der Waals surface area contributed by atoms with Crippen LogP contribution in [-0.4, -0.2) is 5.60 Å². The van der Waals surface area contributed by atoms with Crippen molar-refractivity contribution in [2.45, 2.75) is 19.4 Å². The quantitative estimate of drug-likeness (QED) is 0.416. The molecule has 2 aromatic rings. The lowest BCUT2D eigenvalue weighted by Crippen LogP contribution is -2.35. The number of ether oxygens (including phenoxy) is 1. The summed E-state index contributed by atoms with van der Waals surface area (Å²) in [5.74, 6) is 0.681. The van der Waals surface area contributed by atoms with Gasteiger partial charge in [-0.1, -0.05) is 0 Å². The number of pyridine rings is 1. The number of aromatic nitrogens is 1. The van der Waals surface area contributed by atoms with Gasteiger partial charge in [-0.2, -0.15) is 9.99 Å². The Labute approximate surface area is 142 Å². The summed E-state index contributed by atoms with van der Waals surface area (Å²) in [6, 6.07) is 11.1. The van der Waals surface area contributed by atoms with Crippen LogP contribution in [0.25, 0.3) is 5.57 Å². The molecule has 1 aliphatic rings. The lowest BCUT2D eigenvalue weighted by molar-refractivity contribution is -0.608. The zero-order chi connectivity index (χ0) is 15.9. The van der Waals surface area contributed by atoms with Gasteiger partial charge in [-0.3, -0.25) is 0 Å². The second-order valence-electron chi connectivity index (χ2n) is 5.64. The third kappa shape index (κ3) is 2.66. The minimum Gasteiger partial charge on any atom is -0.618 e. The lowest BCUT2D eigenvalue weighted by atomic mass is 9.91. The van der Waals surface area contributed by atoms with Gasteiger partial charge in [0.15, 0.2) is 6.20 Å². The smallest absolute Gasteiger partial charge is 0.224 e. The van der Waals surface area contributed by atoms with E-state index in [-0.39, 0.29) is 0 Å². The summed E-state index contributed by atoms with van der Waals surface area (Å²) in [5, 5.41) is 21.4. The molecule has 0 N–H and O–H groups in total. The number of halogens is 1. The molecule has 1 aliphatic heterocycles. The van der Waals surface area contributed by atoms with Crippen molar-refractivity contribution in [1.82, 2.24) is 0 Å². The van der Waals surface area contributed by atoms with Crippen LogP contribution in [0, 0.1) is 20.1 Å². The van der Waals surface area contributed by atoms with Crippen LogP contribution in [0.1, 0.15) is 30.7 Å². The van der Waals surface area contributed by atoms with Crippen molar-refractivity contribution < 1.29 is 9.47 Å². The van der Waals surface area contributed by atoms with Crippen molar-refractivity contribution in [3.63, 3.8) is 0 Å². The standard InChI is InChI=1S/C17H13IN2O2/c1-17(2)8-14(15-5-4-12(18)10-20(15)21)13-7-11(9-19)3-6-16(13)22-17/h3-8,10H,1-2H3. The third-order valence-electron chi connectivity index (χ3n) is 3.42. The Morgan fingerprint density at radius 2 is 2.05 bits per heavy atom. The Morgan fingerprint density at radius 1 is 1.27 bits per heavy atom. The molecular formula is C17H13IN2O2. The predicted octanol–water partition coefficient (Wildman–Crippen LogP) is 3.40. The summed E-state index contributed by atoms with van der Waals surface area (Å²) in [5.41, 5.74) is 2.12. The van der Waals surface area contributed by atoms with Crippen molar-refractivity contribution in [2.24, 2.45) is 0 Å². The highest BCUT2D eigenvalue weighted by Gasteiger charge is 2.30. The zero-order valence-corrected chi connectivity index (χ0v) is 14.3. The summed E-state index contributed by atoms with van der Waals surface area (Å²) in [6.07, 6.45) is 3.46. The van der Waals surface area contributed by atoms with E-state index in [1.54, 1.807) is 24.3 Å². The summed E-state index contributed by atoms with van der Waals surface area (Å²) in [4.78, 5) is 0. The summed E-state index contributed by atoms with van der Waals surface area (Å²) in [7, 11) is 0. The van der Waals surface area contributed by atoms with E-state index in [0.29, 0.717) is 17.0 Å². The van der Waals surface area contributed by atoms with Gasteiger partial charge in [0.2, 0.25) is 5.69 Å². The normalized spacial score (nSPS) is 15.3. The van der Waals surface area contributed by atoms with Gasteiger partial charge in [0.25, 0.3) is 0 Å². The molecule has 0 aliphatic carbocycles. The summed E-state index contributed by atoms with van der Waals surface area (Å²) < 4.78 is 7.66. The van der Waals surface area contributed by atoms with Gasteiger partial charge < -0.3 is 9.94 Å². The van der Waals surface area contributed by atoms with Crippen LogP contribution in [0.15, 0.2) is 42.6 Å². The molecule has 1 aromatic carbocycles. The van der Waals surface area contributed by atoms with E-state index in [0.717, 1.165) is 19.4 Å². The minimum atomic E-state index is -0.521. The van der Waals surface area contributed by atoms with Crippen molar-refractivity contribution in [2.75, 3.05) is 0 Å². The molecule has 4 nitrogen and oxygen atoms in total. The molecule has 22 heavy (non-hydrogen) atoms. The molecule has 0 radical (unpaired) electrons. The topological polar surface area (TPSA) is 60.0 Å². The van der Waals surface area contributed by atoms with Crippen LogP contribution in [0.3, 0.4) is 0 Å². The first kappa shape index (κ1) is 14.9. The molecule has 0 spiro atoms. The molecule has 2 heterocycles. The minimum absolute atomic E-state index is 0.521. The van der Waals surface area contributed by atoms with Crippen LogP contribution >= 0.6 is 22.6 Å². The monoisotopic (exact) mass is 404 g/mol. The van der Waals surface area contributed by atoms with Gasteiger partial charge in [0.05, 0.1) is 20.8 Å². The van der Waals surface area contributed by atoms with Crippen LogP contribution in [-0.2, 0) is 0 Å². The molecule has 0 unspecified atom stereocenters. The van der Waals surface area contributed by atoms with Gasteiger partial charge in [-0.15, -0.1) is 0 Å². The predicted molar refractivity (Wildman–Crippen MR) is 91.1 cm³/mol. The van der Waals surface area contributed by atoms with Gasteiger partial charge in [0, 0.05) is 11.6 Å².